The number of thioether (sulfide) groups is 1. The first-order valence-electron chi connectivity index (χ1n) is 9.98. The number of hydrogen-bond acceptors (Lipinski definition) is 3. The fraction of sp³-hybridized carbons (Fsp3) is 0.364. The Morgan fingerprint density at radius 1 is 1.10 bits per heavy atom. The minimum Gasteiger partial charge on any atom is -0.323 e. The van der Waals surface area contributed by atoms with Crippen molar-refractivity contribution in [1.29, 1.82) is 0 Å². The van der Waals surface area contributed by atoms with Gasteiger partial charge >= 0.3 is 0 Å². The number of fused-ring (bicyclic) bond motifs is 1. The number of imidazole rings is 1. The maximum atomic E-state index is 13.9. The molecule has 1 heterocycles. The summed E-state index contributed by atoms with van der Waals surface area (Å²) in [6.45, 7) is 4.61. The van der Waals surface area contributed by atoms with Gasteiger partial charge < -0.3 is 9.88 Å². The van der Waals surface area contributed by atoms with Gasteiger partial charge in [-0.25, -0.2) is 18.2 Å². The third kappa shape index (κ3) is 4.98. The van der Waals surface area contributed by atoms with Crippen molar-refractivity contribution in [2.24, 2.45) is 0 Å². The van der Waals surface area contributed by atoms with E-state index in [4.69, 9.17) is 0 Å². The summed E-state index contributed by atoms with van der Waals surface area (Å²) in [5.74, 6) is -4.84. The molecule has 3 aromatic rings. The number of carbonyl (C=O) groups excluding carboxylic acids is 1. The number of aromatic nitrogens is 2. The molecule has 0 saturated heterocycles. The van der Waals surface area contributed by atoms with Crippen molar-refractivity contribution in [1.82, 2.24) is 9.55 Å². The number of amides is 1. The molecule has 2 aromatic carbocycles. The van der Waals surface area contributed by atoms with Crippen LogP contribution in [0.3, 0.4) is 0 Å². The van der Waals surface area contributed by atoms with Crippen molar-refractivity contribution in [3.8, 4) is 0 Å². The molecule has 0 saturated carbocycles. The lowest BCUT2D eigenvalue weighted by atomic mass is 10.2. The molecular formula is C22H24F3N3OS. The summed E-state index contributed by atoms with van der Waals surface area (Å²) in [6, 6.07) is 9.56. The van der Waals surface area contributed by atoms with Crippen molar-refractivity contribution in [2.45, 2.75) is 56.5 Å². The molecular weight excluding hydrogens is 411 g/mol. The lowest BCUT2D eigenvalue weighted by molar-refractivity contribution is -0.115. The van der Waals surface area contributed by atoms with E-state index < -0.39 is 28.6 Å². The van der Waals surface area contributed by atoms with Crippen LogP contribution < -0.4 is 5.32 Å². The van der Waals surface area contributed by atoms with Crippen LogP contribution in [0.5, 0.6) is 0 Å². The Balaban J connectivity index is 1.76. The number of hydrogen-bond donors (Lipinski definition) is 1. The molecule has 1 amide bonds. The Morgan fingerprint density at radius 2 is 1.87 bits per heavy atom. The smallest absolute Gasteiger partial charge is 0.237 e. The summed E-state index contributed by atoms with van der Waals surface area (Å²) >= 11 is 1.25. The normalized spacial score (nSPS) is 12.3. The van der Waals surface area contributed by atoms with Crippen LogP contribution in [-0.4, -0.2) is 20.7 Å². The predicted molar refractivity (Wildman–Crippen MR) is 114 cm³/mol. The van der Waals surface area contributed by atoms with E-state index in [1.54, 1.807) is 6.92 Å². The molecule has 0 aliphatic heterocycles. The number of unbranched alkanes of at least 4 members (excludes halogenated alkanes) is 3. The van der Waals surface area contributed by atoms with Crippen LogP contribution in [0.4, 0.5) is 18.9 Å². The first-order chi connectivity index (χ1) is 14.4. The van der Waals surface area contributed by atoms with Gasteiger partial charge in [-0.1, -0.05) is 50.1 Å². The van der Waals surface area contributed by atoms with E-state index in [2.05, 4.69) is 21.8 Å². The van der Waals surface area contributed by atoms with Gasteiger partial charge in [-0.2, -0.15) is 0 Å². The Kier molecular flexibility index (Phi) is 7.42. The lowest BCUT2D eigenvalue weighted by Crippen LogP contribution is -2.23. The van der Waals surface area contributed by atoms with Crippen LogP contribution in [0.1, 0.15) is 39.5 Å². The van der Waals surface area contributed by atoms with Gasteiger partial charge in [0.25, 0.3) is 0 Å². The quantitative estimate of drug-likeness (QED) is 0.249. The Labute approximate surface area is 177 Å². The van der Waals surface area contributed by atoms with Crippen molar-refractivity contribution >= 4 is 34.4 Å². The van der Waals surface area contributed by atoms with Gasteiger partial charge in [0.15, 0.2) is 22.6 Å². The third-order valence-electron chi connectivity index (χ3n) is 4.80. The van der Waals surface area contributed by atoms with Crippen molar-refractivity contribution in [3.05, 3.63) is 53.8 Å². The van der Waals surface area contributed by atoms with Gasteiger partial charge in [0.2, 0.25) is 5.91 Å². The van der Waals surface area contributed by atoms with E-state index in [1.807, 2.05) is 24.3 Å². The molecule has 1 aromatic heterocycles. The minimum atomic E-state index is -1.61. The molecule has 0 unspecified atom stereocenters. The van der Waals surface area contributed by atoms with Crippen molar-refractivity contribution in [2.75, 3.05) is 5.32 Å². The molecule has 0 spiro atoms. The molecule has 0 aliphatic carbocycles. The van der Waals surface area contributed by atoms with Gasteiger partial charge in [-0.05, 0) is 37.6 Å². The van der Waals surface area contributed by atoms with Crippen LogP contribution in [-0.2, 0) is 11.3 Å². The number of aryl methyl sites for hydroxylation is 1. The number of halogens is 3. The first kappa shape index (κ1) is 22.2. The molecule has 0 fully saturated rings. The fourth-order valence-electron chi connectivity index (χ4n) is 3.12. The van der Waals surface area contributed by atoms with Crippen LogP contribution >= 0.6 is 11.8 Å². The van der Waals surface area contributed by atoms with E-state index in [-0.39, 0.29) is 5.69 Å². The highest BCUT2D eigenvalue weighted by Crippen LogP contribution is 2.29. The van der Waals surface area contributed by atoms with E-state index in [1.165, 1.54) is 11.8 Å². The topological polar surface area (TPSA) is 46.9 Å². The molecule has 0 aliphatic rings. The first-order valence-corrected chi connectivity index (χ1v) is 10.9. The maximum Gasteiger partial charge on any atom is 0.237 e. The minimum absolute atomic E-state index is 0.389. The highest BCUT2D eigenvalue weighted by atomic mass is 32.2. The van der Waals surface area contributed by atoms with Crippen molar-refractivity contribution < 1.29 is 18.0 Å². The SMILES string of the molecule is CCCCCCn1c(S[C@H](C)C(=O)Nc2ccc(F)c(F)c2F)nc2ccccc21. The van der Waals surface area contributed by atoms with E-state index in [0.717, 1.165) is 55.4 Å². The highest BCUT2D eigenvalue weighted by Gasteiger charge is 2.22. The zero-order valence-corrected chi connectivity index (χ0v) is 17.7. The standard InChI is InChI=1S/C22H24F3N3OS/c1-3-4-5-8-13-28-18-10-7-6-9-16(18)27-22(28)30-14(2)21(29)26-17-12-11-15(23)19(24)20(17)25/h6-7,9-12,14H,3-5,8,13H2,1-2H3,(H,26,29)/t14-/m1/s1. The highest BCUT2D eigenvalue weighted by molar-refractivity contribution is 8.00. The molecule has 1 atom stereocenters. The number of anilines is 1. The number of para-hydroxylation sites is 2. The zero-order chi connectivity index (χ0) is 21.7. The van der Waals surface area contributed by atoms with Gasteiger partial charge in [0, 0.05) is 6.54 Å². The van der Waals surface area contributed by atoms with E-state index in [9.17, 15) is 18.0 Å². The molecule has 0 bridgehead atoms. The van der Waals surface area contributed by atoms with Crippen LogP contribution in [0.2, 0.25) is 0 Å². The molecule has 1 N–H and O–H groups in total. The molecule has 4 nitrogen and oxygen atoms in total. The molecule has 3 rings (SSSR count). The average molecular weight is 436 g/mol. The Hall–Kier alpha value is -2.48. The second-order valence-corrected chi connectivity index (χ2v) is 8.38. The van der Waals surface area contributed by atoms with Gasteiger partial charge in [0.1, 0.15) is 0 Å². The number of rotatable bonds is 9. The van der Waals surface area contributed by atoms with Crippen LogP contribution in [0.25, 0.3) is 11.0 Å². The third-order valence-corrected chi connectivity index (χ3v) is 5.89. The average Bonchev–Trinajstić information content (AvgIpc) is 3.08. The zero-order valence-electron chi connectivity index (χ0n) is 16.9. The number of nitrogens with one attached hydrogen (secondary N) is 1. The maximum absolute atomic E-state index is 13.9. The van der Waals surface area contributed by atoms with E-state index in [0.29, 0.717) is 5.16 Å². The van der Waals surface area contributed by atoms with E-state index >= 15 is 0 Å². The molecule has 30 heavy (non-hydrogen) atoms. The summed E-state index contributed by atoms with van der Waals surface area (Å²) < 4.78 is 42.5. The number of carbonyl (C=O) groups is 1. The van der Waals surface area contributed by atoms with Gasteiger partial charge in [-0.3, -0.25) is 4.79 Å². The Morgan fingerprint density at radius 3 is 2.63 bits per heavy atom. The van der Waals surface area contributed by atoms with Crippen molar-refractivity contribution in [3.63, 3.8) is 0 Å². The van der Waals surface area contributed by atoms with Crippen LogP contribution in [0, 0.1) is 17.5 Å². The second-order valence-electron chi connectivity index (χ2n) is 7.07. The number of benzene rings is 2. The molecule has 8 heteroatoms. The van der Waals surface area contributed by atoms with Crippen LogP contribution in [0.15, 0.2) is 41.6 Å². The summed E-state index contributed by atoms with van der Waals surface area (Å²) in [4.78, 5) is 17.2. The summed E-state index contributed by atoms with van der Waals surface area (Å²) in [6.07, 6.45) is 4.42. The Bertz CT molecular complexity index is 1040. The predicted octanol–water partition coefficient (Wildman–Crippen LogP) is 6.15. The largest absolute Gasteiger partial charge is 0.323 e. The molecule has 0 radical (unpaired) electrons. The summed E-state index contributed by atoms with van der Waals surface area (Å²) in [5.41, 5.74) is 1.45. The molecule has 160 valence electrons. The summed E-state index contributed by atoms with van der Waals surface area (Å²) in [7, 11) is 0. The monoisotopic (exact) mass is 435 g/mol. The number of nitrogens with zero attached hydrogens (tertiary/aromatic N) is 2. The van der Waals surface area contributed by atoms with Gasteiger partial charge in [0.05, 0.1) is 22.0 Å². The van der Waals surface area contributed by atoms with Gasteiger partial charge in [-0.15, -0.1) is 0 Å². The lowest BCUT2D eigenvalue weighted by Gasteiger charge is -2.14. The fourth-order valence-corrected chi connectivity index (χ4v) is 4.07. The second kappa shape index (κ2) is 10.0. The summed E-state index contributed by atoms with van der Waals surface area (Å²) in [5, 5.41) is 2.41.